The first-order valence-corrected chi connectivity index (χ1v) is 6.37. The number of hydrogen-bond donors (Lipinski definition) is 0. The summed E-state index contributed by atoms with van der Waals surface area (Å²) in [4.78, 5) is 14.7. The van der Waals surface area contributed by atoms with Crippen LogP contribution in [0.4, 0.5) is 4.39 Å². The molecular weight excluding hydrogens is 249 g/mol. The van der Waals surface area contributed by atoms with Crippen LogP contribution in [0.1, 0.15) is 36.8 Å². The maximum absolute atomic E-state index is 13.3. The van der Waals surface area contributed by atoms with Gasteiger partial charge in [0.2, 0.25) is 12.9 Å². The van der Waals surface area contributed by atoms with Crippen molar-refractivity contribution in [2.24, 2.45) is 4.99 Å². The molecule has 1 saturated carbocycles. The van der Waals surface area contributed by atoms with Gasteiger partial charge in [0, 0.05) is 0 Å². The summed E-state index contributed by atoms with van der Waals surface area (Å²) in [5, 5.41) is 0. The van der Waals surface area contributed by atoms with Crippen molar-refractivity contribution in [1.29, 1.82) is 0 Å². The first-order chi connectivity index (χ1) is 9.29. The van der Waals surface area contributed by atoms with Crippen LogP contribution in [0.3, 0.4) is 0 Å². The summed E-state index contributed by atoms with van der Waals surface area (Å²) in [6, 6.07) is 3.42. The second-order valence-corrected chi connectivity index (χ2v) is 4.94. The van der Waals surface area contributed by atoms with E-state index in [1.54, 1.807) is 18.2 Å². The van der Waals surface area contributed by atoms with E-state index in [2.05, 4.69) is 4.99 Å². The van der Waals surface area contributed by atoms with Gasteiger partial charge in [-0.1, -0.05) is 12.8 Å². The fourth-order valence-corrected chi connectivity index (χ4v) is 3.02. The fraction of sp³-hybridized carbons (Fsp3) is 0.500. The van der Waals surface area contributed by atoms with E-state index in [4.69, 9.17) is 9.47 Å². The number of hydrogen-bond acceptors (Lipinski definition) is 4. The quantitative estimate of drug-likeness (QED) is 0.622. The predicted octanol–water partition coefficient (Wildman–Crippen LogP) is 2.99. The molecule has 0 bridgehead atoms. The van der Waals surface area contributed by atoms with E-state index in [0.717, 1.165) is 31.2 Å². The van der Waals surface area contributed by atoms with E-state index >= 15 is 0 Å². The highest BCUT2D eigenvalue weighted by Gasteiger charge is 2.38. The minimum atomic E-state index is -0.635. The Morgan fingerprint density at radius 3 is 2.58 bits per heavy atom. The third kappa shape index (κ3) is 1.90. The highest BCUT2D eigenvalue weighted by Crippen LogP contribution is 2.47. The molecule has 100 valence electrons. The molecule has 3 rings (SSSR count). The van der Waals surface area contributed by atoms with Crippen molar-refractivity contribution in [3.05, 3.63) is 23.3 Å². The molecule has 0 N–H and O–H groups in total. The van der Waals surface area contributed by atoms with Gasteiger partial charge in [-0.2, -0.15) is 4.99 Å². The summed E-state index contributed by atoms with van der Waals surface area (Å²) in [5.74, 6) is 1.15. The molecule has 0 aromatic heterocycles. The van der Waals surface area contributed by atoms with E-state index in [0.29, 0.717) is 17.1 Å². The van der Waals surface area contributed by atoms with Crippen molar-refractivity contribution in [3.8, 4) is 11.5 Å². The van der Waals surface area contributed by atoms with Crippen LogP contribution in [0.5, 0.6) is 11.5 Å². The minimum absolute atomic E-state index is 0.147. The Hall–Kier alpha value is -1.87. The second-order valence-electron chi connectivity index (χ2n) is 4.94. The first kappa shape index (κ1) is 12.2. The molecule has 0 amide bonds. The van der Waals surface area contributed by atoms with Gasteiger partial charge < -0.3 is 9.47 Å². The fourth-order valence-electron chi connectivity index (χ4n) is 3.02. The van der Waals surface area contributed by atoms with Crippen molar-refractivity contribution < 1.29 is 18.7 Å². The number of rotatable bonds is 3. The van der Waals surface area contributed by atoms with Crippen LogP contribution >= 0.6 is 0 Å². The highest BCUT2D eigenvalue weighted by atomic mass is 19.1. The number of benzene rings is 1. The molecular formula is C14H14FNO3. The molecule has 0 spiro atoms. The molecule has 0 saturated heterocycles. The first-order valence-electron chi connectivity index (χ1n) is 6.37. The van der Waals surface area contributed by atoms with Crippen molar-refractivity contribution in [2.45, 2.75) is 37.9 Å². The van der Waals surface area contributed by atoms with Gasteiger partial charge in [-0.3, -0.25) is 0 Å². The molecule has 5 heteroatoms. The van der Waals surface area contributed by atoms with Gasteiger partial charge in [0.1, 0.15) is 6.67 Å². The lowest BCUT2D eigenvalue weighted by Crippen LogP contribution is -2.20. The number of fused-ring (bicyclic) bond motifs is 1. The Bertz CT molecular complexity index is 546. The van der Waals surface area contributed by atoms with Crippen LogP contribution in [-0.2, 0) is 17.0 Å². The summed E-state index contributed by atoms with van der Waals surface area (Å²) >= 11 is 0. The zero-order chi connectivity index (χ0) is 13.3. The molecule has 1 heterocycles. The van der Waals surface area contributed by atoms with E-state index in [-0.39, 0.29) is 6.79 Å². The van der Waals surface area contributed by atoms with Crippen LogP contribution in [0, 0.1) is 0 Å². The molecule has 0 radical (unpaired) electrons. The number of alkyl halides is 1. The Kier molecular flexibility index (Phi) is 2.99. The Balaban J connectivity index is 2.15. The van der Waals surface area contributed by atoms with Crippen LogP contribution in [0.2, 0.25) is 0 Å². The molecule has 1 aromatic rings. The van der Waals surface area contributed by atoms with Gasteiger partial charge in [-0.15, -0.1) is 0 Å². The van der Waals surface area contributed by atoms with Gasteiger partial charge >= 0.3 is 0 Å². The summed E-state index contributed by atoms with van der Waals surface area (Å²) in [5.41, 5.74) is 0.620. The third-order valence-electron chi connectivity index (χ3n) is 3.93. The van der Waals surface area contributed by atoms with E-state index in [1.807, 2.05) is 0 Å². The van der Waals surface area contributed by atoms with E-state index in [9.17, 15) is 9.18 Å². The second kappa shape index (κ2) is 4.67. The van der Waals surface area contributed by atoms with Crippen LogP contribution in [0.15, 0.2) is 17.1 Å². The monoisotopic (exact) mass is 263 g/mol. The van der Waals surface area contributed by atoms with Crippen molar-refractivity contribution >= 4 is 6.08 Å². The maximum atomic E-state index is 13.3. The smallest absolute Gasteiger partial charge is 0.235 e. The average molecular weight is 263 g/mol. The number of halogens is 1. The van der Waals surface area contributed by atoms with Gasteiger partial charge in [-0.05, 0) is 36.1 Å². The molecule has 0 unspecified atom stereocenters. The molecule has 19 heavy (non-hydrogen) atoms. The number of nitrogens with zero attached hydrogens (tertiary/aromatic N) is 1. The highest BCUT2D eigenvalue weighted by molar-refractivity contribution is 5.52. The predicted molar refractivity (Wildman–Crippen MR) is 65.6 cm³/mol. The van der Waals surface area contributed by atoms with Crippen molar-refractivity contribution in [3.63, 3.8) is 0 Å². The molecule has 0 atom stereocenters. The van der Waals surface area contributed by atoms with Crippen LogP contribution in [-0.4, -0.2) is 12.9 Å². The van der Waals surface area contributed by atoms with Gasteiger partial charge in [0.25, 0.3) is 0 Å². The van der Waals surface area contributed by atoms with Crippen LogP contribution < -0.4 is 9.47 Å². The molecule has 4 nitrogen and oxygen atoms in total. The lowest BCUT2D eigenvalue weighted by molar-refractivity contribution is 0.174. The Morgan fingerprint density at radius 2 is 1.95 bits per heavy atom. The number of carbonyl (C=O) groups excluding carboxylic acids is 1. The number of ether oxygens (including phenoxy) is 2. The van der Waals surface area contributed by atoms with Crippen molar-refractivity contribution in [2.75, 3.05) is 6.79 Å². The van der Waals surface area contributed by atoms with Gasteiger partial charge in [0.15, 0.2) is 11.5 Å². The molecule has 2 aliphatic rings. The van der Waals surface area contributed by atoms with E-state index < -0.39 is 12.2 Å². The summed E-state index contributed by atoms with van der Waals surface area (Å²) in [6.45, 7) is -0.462. The van der Waals surface area contributed by atoms with Crippen LogP contribution in [0.25, 0.3) is 0 Å². The van der Waals surface area contributed by atoms with Gasteiger partial charge in [0.05, 0.1) is 5.54 Å². The minimum Gasteiger partial charge on any atom is -0.454 e. The van der Waals surface area contributed by atoms with Gasteiger partial charge in [-0.25, -0.2) is 9.18 Å². The molecule has 1 fully saturated rings. The summed E-state index contributed by atoms with van der Waals surface area (Å²) in [7, 11) is 0. The Morgan fingerprint density at radius 1 is 1.26 bits per heavy atom. The molecule has 1 aliphatic heterocycles. The zero-order valence-corrected chi connectivity index (χ0v) is 10.4. The zero-order valence-electron chi connectivity index (χ0n) is 10.4. The SMILES string of the molecule is O=C=NC1(c2cc3c(cc2CF)OCO3)CCCC1. The van der Waals surface area contributed by atoms with Crippen molar-refractivity contribution in [1.82, 2.24) is 0 Å². The largest absolute Gasteiger partial charge is 0.454 e. The lowest BCUT2D eigenvalue weighted by atomic mass is 9.85. The standard InChI is InChI=1S/C14H14FNO3/c15-7-10-5-12-13(19-9-18-12)6-11(10)14(16-8-17)3-1-2-4-14/h5-6H,1-4,7,9H2. The Labute approximate surface area is 110 Å². The third-order valence-corrected chi connectivity index (χ3v) is 3.93. The topological polar surface area (TPSA) is 47.9 Å². The normalized spacial score (nSPS) is 19.2. The summed E-state index contributed by atoms with van der Waals surface area (Å²) in [6.07, 6.45) is 5.09. The average Bonchev–Trinajstić information content (AvgIpc) is 3.06. The molecule has 1 aromatic carbocycles. The maximum Gasteiger partial charge on any atom is 0.235 e. The summed E-state index contributed by atoms with van der Waals surface area (Å²) < 4.78 is 23.9. The van der Waals surface area contributed by atoms with E-state index in [1.165, 1.54) is 0 Å². The lowest BCUT2D eigenvalue weighted by Gasteiger charge is -2.25. The molecule has 1 aliphatic carbocycles. The number of aliphatic imine (C=N–C) groups is 1. The number of isocyanates is 1.